The maximum absolute atomic E-state index is 12.1. The van der Waals surface area contributed by atoms with Crippen molar-refractivity contribution in [3.63, 3.8) is 0 Å². The number of rotatable bonds is 6. The first kappa shape index (κ1) is 16.2. The van der Waals surface area contributed by atoms with Crippen molar-refractivity contribution >= 4 is 17.3 Å². The molecule has 1 aromatic carbocycles. The molecule has 2 rings (SSSR count). The molecule has 1 aromatic rings. The van der Waals surface area contributed by atoms with E-state index in [0.717, 1.165) is 25.9 Å². The molecule has 1 heterocycles. The molecule has 0 saturated carbocycles. The monoisotopic (exact) mass is 306 g/mol. The molecule has 3 N–H and O–H groups in total. The quantitative estimate of drug-likeness (QED) is 0.613. The number of nitro groups is 1. The first-order valence-corrected chi connectivity index (χ1v) is 7.54. The summed E-state index contributed by atoms with van der Waals surface area (Å²) in [5.41, 5.74) is 6.39. The topological polar surface area (TPSA) is 102 Å². The van der Waals surface area contributed by atoms with Gasteiger partial charge in [0.1, 0.15) is 5.69 Å². The van der Waals surface area contributed by atoms with Gasteiger partial charge in [-0.05, 0) is 37.4 Å². The molecule has 1 aliphatic heterocycles. The minimum atomic E-state index is -0.424. The Morgan fingerprint density at radius 2 is 2.14 bits per heavy atom. The van der Waals surface area contributed by atoms with Gasteiger partial charge in [0, 0.05) is 31.3 Å². The lowest BCUT2D eigenvalue weighted by Crippen LogP contribution is -2.31. The molecule has 0 aromatic heterocycles. The fourth-order valence-electron chi connectivity index (χ4n) is 2.49. The van der Waals surface area contributed by atoms with Crippen LogP contribution in [0.3, 0.4) is 0 Å². The van der Waals surface area contributed by atoms with Crippen molar-refractivity contribution in [3.8, 4) is 0 Å². The maximum atomic E-state index is 12.1. The van der Waals surface area contributed by atoms with Gasteiger partial charge < -0.3 is 16.0 Å². The second-order valence-electron chi connectivity index (χ2n) is 5.71. The Labute approximate surface area is 129 Å². The number of nitrogens with two attached hydrogens (primary N) is 1. The number of anilines is 1. The highest BCUT2D eigenvalue weighted by atomic mass is 16.6. The fourth-order valence-corrected chi connectivity index (χ4v) is 2.49. The van der Waals surface area contributed by atoms with Gasteiger partial charge in [0.25, 0.3) is 11.6 Å². The summed E-state index contributed by atoms with van der Waals surface area (Å²) in [4.78, 5) is 25.0. The number of nitro benzene ring substituents is 1. The fraction of sp³-hybridized carbons (Fsp3) is 0.533. The van der Waals surface area contributed by atoms with E-state index in [2.05, 4.69) is 5.32 Å². The third-order valence-electron chi connectivity index (χ3n) is 3.89. The zero-order valence-corrected chi connectivity index (χ0v) is 12.7. The van der Waals surface area contributed by atoms with E-state index in [1.165, 1.54) is 6.07 Å². The van der Waals surface area contributed by atoms with Crippen LogP contribution >= 0.6 is 0 Å². The van der Waals surface area contributed by atoms with E-state index in [4.69, 9.17) is 5.73 Å². The first-order chi connectivity index (χ1) is 10.5. The Bertz CT molecular complexity index is 556. The number of hydrogen-bond acceptors (Lipinski definition) is 5. The summed E-state index contributed by atoms with van der Waals surface area (Å²) in [6.45, 7) is 4.51. The van der Waals surface area contributed by atoms with Crippen LogP contribution in [0, 0.1) is 16.0 Å². The van der Waals surface area contributed by atoms with Crippen LogP contribution in [0.15, 0.2) is 18.2 Å². The van der Waals surface area contributed by atoms with Crippen molar-refractivity contribution in [3.05, 3.63) is 33.9 Å². The third kappa shape index (κ3) is 3.73. The van der Waals surface area contributed by atoms with Gasteiger partial charge in [-0.15, -0.1) is 0 Å². The van der Waals surface area contributed by atoms with Gasteiger partial charge >= 0.3 is 0 Å². The van der Waals surface area contributed by atoms with Crippen LogP contribution in [0.25, 0.3) is 0 Å². The van der Waals surface area contributed by atoms with E-state index in [0.29, 0.717) is 24.3 Å². The molecule has 0 aliphatic carbocycles. The molecule has 22 heavy (non-hydrogen) atoms. The number of nitrogens with one attached hydrogen (secondary N) is 1. The molecular formula is C15H22N4O3. The molecule has 1 fully saturated rings. The highest BCUT2D eigenvalue weighted by molar-refractivity contribution is 5.95. The number of nitrogens with zero attached hydrogens (tertiary/aromatic N) is 2. The van der Waals surface area contributed by atoms with Gasteiger partial charge in [0.2, 0.25) is 0 Å². The zero-order chi connectivity index (χ0) is 16.1. The van der Waals surface area contributed by atoms with Crippen LogP contribution in [0.2, 0.25) is 0 Å². The molecule has 120 valence electrons. The summed E-state index contributed by atoms with van der Waals surface area (Å²) in [6.07, 6.45) is 2.08. The summed E-state index contributed by atoms with van der Waals surface area (Å²) < 4.78 is 0. The average molecular weight is 306 g/mol. The lowest BCUT2D eigenvalue weighted by Gasteiger charge is -2.18. The minimum absolute atomic E-state index is 0.0126. The van der Waals surface area contributed by atoms with Crippen LogP contribution in [0.1, 0.15) is 30.1 Å². The lowest BCUT2D eigenvalue weighted by atomic mass is 10.1. The van der Waals surface area contributed by atoms with E-state index < -0.39 is 4.92 Å². The summed E-state index contributed by atoms with van der Waals surface area (Å²) in [5.74, 6) is -0.140. The van der Waals surface area contributed by atoms with E-state index in [-0.39, 0.29) is 17.5 Å². The van der Waals surface area contributed by atoms with Crippen LogP contribution in [0.5, 0.6) is 0 Å². The Balaban J connectivity index is 2.18. The average Bonchev–Trinajstić information content (AvgIpc) is 3.05. The van der Waals surface area contributed by atoms with E-state index in [1.807, 2.05) is 11.8 Å². The predicted octanol–water partition coefficient (Wildman–Crippen LogP) is 1.52. The molecule has 1 atom stereocenters. The molecule has 0 bridgehead atoms. The van der Waals surface area contributed by atoms with Gasteiger partial charge in [0.15, 0.2) is 0 Å². The largest absolute Gasteiger partial charge is 0.366 e. The van der Waals surface area contributed by atoms with Crippen molar-refractivity contribution in [2.75, 3.05) is 31.1 Å². The van der Waals surface area contributed by atoms with Gasteiger partial charge in [-0.2, -0.15) is 0 Å². The molecule has 0 spiro atoms. The van der Waals surface area contributed by atoms with Crippen LogP contribution in [-0.2, 0) is 0 Å². The van der Waals surface area contributed by atoms with E-state index in [1.54, 1.807) is 12.1 Å². The minimum Gasteiger partial charge on any atom is -0.366 e. The highest BCUT2D eigenvalue weighted by Gasteiger charge is 2.23. The Morgan fingerprint density at radius 1 is 1.45 bits per heavy atom. The Kier molecular flexibility index (Phi) is 5.32. The first-order valence-electron chi connectivity index (χ1n) is 7.54. The van der Waals surface area contributed by atoms with Crippen molar-refractivity contribution in [2.24, 2.45) is 11.7 Å². The number of carbonyl (C=O) groups excluding carboxylic acids is 1. The smallest absolute Gasteiger partial charge is 0.293 e. The van der Waals surface area contributed by atoms with Crippen molar-refractivity contribution < 1.29 is 9.72 Å². The predicted molar refractivity (Wildman–Crippen MR) is 85.1 cm³/mol. The molecule has 7 heteroatoms. The Hall–Kier alpha value is -2.15. The molecule has 1 amide bonds. The summed E-state index contributed by atoms with van der Waals surface area (Å²) in [6, 6.07) is 4.67. The molecular weight excluding hydrogens is 284 g/mol. The molecule has 1 aliphatic rings. The third-order valence-corrected chi connectivity index (χ3v) is 3.89. The second-order valence-corrected chi connectivity index (χ2v) is 5.71. The Morgan fingerprint density at radius 3 is 2.73 bits per heavy atom. The summed E-state index contributed by atoms with van der Waals surface area (Å²) in [7, 11) is 0. The van der Waals surface area contributed by atoms with Crippen LogP contribution < -0.4 is 16.0 Å². The highest BCUT2D eigenvalue weighted by Crippen LogP contribution is 2.31. The maximum Gasteiger partial charge on any atom is 0.293 e. The number of carbonyl (C=O) groups is 1. The standard InChI is InChI=1S/C15H22N4O3/c1-11(9-16)10-17-15(20)12-4-5-13(14(8-12)19(21)22)18-6-2-3-7-18/h4-5,8,11H,2-3,6-7,9-10,16H2,1H3,(H,17,20). The molecule has 7 nitrogen and oxygen atoms in total. The molecule has 1 saturated heterocycles. The summed E-state index contributed by atoms with van der Waals surface area (Å²) in [5, 5.41) is 14.0. The van der Waals surface area contributed by atoms with Gasteiger partial charge in [-0.3, -0.25) is 14.9 Å². The molecule has 1 unspecified atom stereocenters. The number of hydrogen-bond donors (Lipinski definition) is 2. The van der Waals surface area contributed by atoms with Crippen molar-refractivity contribution in [2.45, 2.75) is 19.8 Å². The summed E-state index contributed by atoms with van der Waals surface area (Å²) >= 11 is 0. The van der Waals surface area contributed by atoms with E-state index >= 15 is 0 Å². The van der Waals surface area contributed by atoms with Crippen molar-refractivity contribution in [1.82, 2.24) is 5.32 Å². The normalized spacial score (nSPS) is 15.6. The lowest BCUT2D eigenvalue weighted by molar-refractivity contribution is -0.384. The molecule has 0 radical (unpaired) electrons. The second kappa shape index (κ2) is 7.22. The zero-order valence-electron chi connectivity index (χ0n) is 12.7. The van der Waals surface area contributed by atoms with Gasteiger partial charge in [-0.25, -0.2) is 0 Å². The van der Waals surface area contributed by atoms with E-state index in [9.17, 15) is 14.9 Å². The van der Waals surface area contributed by atoms with Gasteiger partial charge in [-0.1, -0.05) is 6.92 Å². The van der Waals surface area contributed by atoms with Crippen LogP contribution in [-0.4, -0.2) is 37.0 Å². The van der Waals surface area contributed by atoms with Crippen LogP contribution in [0.4, 0.5) is 11.4 Å². The number of benzene rings is 1. The van der Waals surface area contributed by atoms with Crippen molar-refractivity contribution in [1.29, 1.82) is 0 Å². The van der Waals surface area contributed by atoms with Gasteiger partial charge in [0.05, 0.1) is 4.92 Å². The SMILES string of the molecule is CC(CN)CNC(=O)c1ccc(N2CCCC2)c([N+](=O)[O-])c1. The number of amides is 1.